The molecule has 0 fully saturated rings. The second kappa shape index (κ2) is 6.01. The van der Waals surface area contributed by atoms with E-state index in [1.54, 1.807) is 13.0 Å². The van der Waals surface area contributed by atoms with Crippen LogP contribution in [0.5, 0.6) is 11.5 Å². The molecular weight excluding hydrogens is 236 g/mol. The van der Waals surface area contributed by atoms with Crippen LogP contribution in [-0.4, -0.2) is 5.78 Å². The molecule has 2 aromatic carbocycles. The highest BCUT2D eigenvalue weighted by Crippen LogP contribution is 2.24. The molecule has 0 aliphatic heterocycles. The van der Waals surface area contributed by atoms with Crippen molar-refractivity contribution >= 4 is 11.4 Å². The predicted octanol–water partition coefficient (Wildman–Crippen LogP) is 4.47. The van der Waals surface area contributed by atoms with Gasteiger partial charge in [0.2, 0.25) is 0 Å². The normalized spacial score (nSPS) is 11.2. The van der Waals surface area contributed by atoms with Crippen molar-refractivity contribution in [2.75, 3.05) is 0 Å². The van der Waals surface area contributed by atoms with E-state index in [-0.39, 0.29) is 5.78 Å². The molecule has 0 atom stereocenters. The Hall–Kier alpha value is -2.35. The zero-order chi connectivity index (χ0) is 13.7. The molecule has 19 heavy (non-hydrogen) atoms. The third kappa shape index (κ3) is 3.81. The summed E-state index contributed by atoms with van der Waals surface area (Å²) in [7, 11) is 0. The highest BCUT2D eigenvalue weighted by atomic mass is 16.5. The number of ether oxygens (including phenoxy) is 1. The van der Waals surface area contributed by atoms with E-state index in [0.717, 1.165) is 22.6 Å². The lowest BCUT2D eigenvalue weighted by Gasteiger charge is -2.07. The standard InChI is InChI=1S/C17H16O2/c1-13(11-14(2)18)15-7-6-10-17(12-15)19-16-8-4-3-5-9-16/h3-12H,1-2H3/b13-11+. The molecule has 2 nitrogen and oxygen atoms in total. The molecule has 2 aromatic rings. The number of benzene rings is 2. The molecule has 0 saturated heterocycles. The van der Waals surface area contributed by atoms with Crippen molar-refractivity contribution in [2.45, 2.75) is 13.8 Å². The van der Waals surface area contributed by atoms with Crippen LogP contribution in [0.15, 0.2) is 60.7 Å². The number of para-hydroxylation sites is 1. The SMILES string of the molecule is CC(=O)/C=C(\C)c1cccc(Oc2ccccc2)c1. The fraction of sp³-hybridized carbons (Fsp3) is 0.118. The zero-order valence-corrected chi connectivity index (χ0v) is 11.1. The van der Waals surface area contributed by atoms with Gasteiger partial charge in [0.05, 0.1) is 0 Å². The van der Waals surface area contributed by atoms with Gasteiger partial charge in [-0.2, -0.15) is 0 Å². The summed E-state index contributed by atoms with van der Waals surface area (Å²) in [6, 6.07) is 17.3. The van der Waals surface area contributed by atoms with Gasteiger partial charge in [-0.05, 0) is 55.3 Å². The van der Waals surface area contributed by atoms with Crippen molar-refractivity contribution in [1.29, 1.82) is 0 Å². The second-order valence-electron chi connectivity index (χ2n) is 4.38. The number of allylic oxidation sites excluding steroid dienone is 2. The van der Waals surface area contributed by atoms with Crippen molar-refractivity contribution in [2.24, 2.45) is 0 Å². The van der Waals surface area contributed by atoms with Gasteiger partial charge in [-0.3, -0.25) is 4.79 Å². The summed E-state index contributed by atoms with van der Waals surface area (Å²) in [6.45, 7) is 3.47. The fourth-order valence-corrected chi connectivity index (χ4v) is 1.82. The molecule has 0 aliphatic rings. The first-order chi connectivity index (χ1) is 9.15. The van der Waals surface area contributed by atoms with Crippen molar-refractivity contribution in [3.8, 4) is 11.5 Å². The first-order valence-corrected chi connectivity index (χ1v) is 6.17. The summed E-state index contributed by atoms with van der Waals surface area (Å²) in [6.07, 6.45) is 1.63. The van der Waals surface area contributed by atoms with Gasteiger partial charge in [0, 0.05) is 0 Å². The molecular formula is C17H16O2. The molecule has 0 N–H and O–H groups in total. The Balaban J connectivity index is 2.23. The van der Waals surface area contributed by atoms with Crippen LogP contribution in [0.1, 0.15) is 19.4 Å². The minimum Gasteiger partial charge on any atom is -0.457 e. The number of hydrogen-bond acceptors (Lipinski definition) is 2. The van der Waals surface area contributed by atoms with Crippen LogP contribution >= 0.6 is 0 Å². The van der Waals surface area contributed by atoms with E-state index in [0.29, 0.717) is 0 Å². The van der Waals surface area contributed by atoms with Gasteiger partial charge in [-0.25, -0.2) is 0 Å². The smallest absolute Gasteiger partial charge is 0.152 e. The molecule has 0 amide bonds. The molecule has 2 heteroatoms. The summed E-state index contributed by atoms with van der Waals surface area (Å²) in [5.41, 5.74) is 1.93. The monoisotopic (exact) mass is 252 g/mol. The Morgan fingerprint density at radius 2 is 1.63 bits per heavy atom. The second-order valence-corrected chi connectivity index (χ2v) is 4.38. The molecule has 0 radical (unpaired) electrons. The Labute approximate surface area is 113 Å². The highest BCUT2D eigenvalue weighted by Gasteiger charge is 2.01. The van der Waals surface area contributed by atoms with Gasteiger partial charge in [-0.1, -0.05) is 30.3 Å². The summed E-state index contributed by atoms with van der Waals surface area (Å²) in [5.74, 6) is 1.61. The Bertz CT molecular complexity index is 598. The summed E-state index contributed by atoms with van der Waals surface area (Å²) < 4.78 is 5.76. The number of carbonyl (C=O) groups excluding carboxylic acids is 1. The maximum absolute atomic E-state index is 11.1. The average Bonchev–Trinajstić information content (AvgIpc) is 2.39. The third-order valence-electron chi connectivity index (χ3n) is 2.69. The lowest BCUT2D eigenvalue weighted by Crippen LogP contribution is -1.88. The highest BCUT2D eigenvalue weighted by molar-refractivity contribution is 5.94. The van der Waals surface area contributed by atoms with Gasteiger partial charge in [-0.15, -0.1) is 0 Å². The summed E-state index contributed by atoms with van der Waals surface area (Å²) in [4.78, 5) is 11.1. The Kier molecular flexibility index (Phi) is 4.14. The minimum absolute atomic E-state index is 0.0480. The van der Waals surface area contributed by atoms with Gasteiger partial charge >= 0.3 is 0 Å². The van der Waals surface area contributed by atoms with Crippen LogP contribution < -0.4 is 4.74 Å². The first-order valence-electron chi connectivity index (χ1n) is 6.17. The van der Waals surface area contributed by atoms with E-state index in [9.17, 15) is 4.79 Å². The first kappa shape index (κ1) is 13.1. The van der Waals surface area contributed by atoms with Crippen molar-refractivity contribution in [1.82, 2.24) is 0 Å². The fourth-order valence-electron chi connectivity index (χ4n) is 1.82. The van der Waals surface area contributed by atoms with Gasteiger partial charge in [0.15, 0.2) is 5.78 Å². The molecule has 0 heterocycles. The van der Waals surface area contributed by atoms with E-state index in [1.807, 2.05) is 61.5 Å². The molecule has 2 rings (SSSR count). The van der Waals surface area contributed by atoms with Crippen LogP contribution in [-0.2, 0) is 4.79 Å². The topological polar surface area (TPSA) is 26.3 Å². The molecule has 0 aromatic heterocycles. The van der Waals surface area contributed by atoms with Crippen molar-refractivity contribution in [3.05, 3.63) is 66.2 Å². The quantitative estimate of drug-likeness (QED) is 0.750. The molecule has 0 unspecified atom stereocenters. The van der Waals surface area contributed by atoms with E-state index >= 15 is 0 Å². The van der Waals surface area contributed by atoms with Crippen LogP contribution in [0.25, 0.3) is 5.57 Å². The van der Waals surface area contributed by atoms with E-state index in [2.05, 4.69) is 0 Å². The van der Waals surface area contributed by atoms with E-state index < -0.39 is 0 Å². The van der Waals surface area contributed by atoms with Crippen LogP contribution in [0.4, 0.5) is 0 Å². The number of rotatable bonds is 4. The van der Waals surface area contributed by atoms with Crippen LogP contribution in [0.2, 0.25) is 0 Å². The zero-order valence-electron chi connectivity index (χ0n) is 11.1. The van der Waals surface area contributed by atoms with E-state index in [1.165, 1.54) is 0 Å². The molecule has 0 aliphatic carbocycles. The predicted molar refractivity (Wildman–Crippen MR) is 77.3 cm³/mol. The number of carbonyl (C=O) groups is 1. The van der Waals surface area contributed by atoms with Crippen LogP contribution in [0.3, 0.4) is 0 Å². The lowest BCUT2D eigenvalue weighted by molar-refractivity contribution is -0.112. The Morgan fingerprint density at radius 3 is 2.32 bits per heavy atom. The van der Waals surface area contributed by atoms with Crippen LogP contribution in [0, 0.1) is 0 Å². The molecule has 0 bridgehead atoms. The average molecular weight is 252 g/mol. The molecule has 96 valence electrons. The summed E-state index contributed by atoms with van der Waals surface area (Å²) in [5, 5.41) is 0. The third-order valence-corrected chi connectivity index (χ3v) is 2.69. The molecule has 0 spiro atoms. The lowest BCUT2D eigenvalue weighted by atomic mass is 10.1. The van der Waals surface area contributed by atoms with Gasteiger partial charge in [0.25, 0.3) is 0 Å². The maximum atomic E-state index is 11.1. The number of ketones is 1. The largest absolute Gasteiger partial charge is 0.457 e. The van der Waals surface area contributed by atoms with Crippen molar-refractivity contribution < 1.29 is 9.53 Å². The minimum atomic E-state index is 0.0480. The van der Waals surface area contributed by atoms with E-state index in [4.69, 9.17) is 4.74 Å². The number of hydrogen-bond donors (Lipinski definition) is 0. The summed E-state index contributed by atoms with van der Waals surface area (Å²) >= 11 is 0. The van der Waals surface area contributed by atoms with Gasteiger partial charge in [0.1, 0.15) is 11.5 Å². The van der Waals surface area contributed by atoms with Crippen molar-refractivity contribution in [3.63, 3.8) is 0 Å². The maximum Gasteiger partial charge on any atom is 0.152 e. The Morgan fingerprint density at radius 1 is 0.947 bits per heavy atom. The van der Waals surface area contributed by atoms with Gasteiger partial charge < -0.3 is 4.74 Å². The molecule has 0 saturated carbocycles.